The Morgan fingerprint density at radius 3 is 2.53 bits per heavy atom. The van der Waals surface area contributed by atoms with Crippen molar-refractivity contribution in [3.63, 3.8) is 0 Å². The minimum Gasteiger partial charge on any atom is -0.385 e. The average Bonchev–Trinajstić information content (AvgIpc) is 3.51. The van der Waals surface area contributed by atoms with E-state index in [9.17, 15) is 13.5 Å². The van der Waals surface area contributed by atoms with Crippen LogP contribution in [0.3, 0.4) is 0 Å². The lowest BCUT2D eigenvalue weighted by molar-refractivity contribution is 0.184. The van der Waals surface area contributed by atoms with E-state index >= 15 is 0 Å². The molecule has 10 heteroatoms. The first-order valence-corrected chi connectivity index (χ1v) is 13.4. The molecule has 3 aromatic heterocycles. The molecule has 9 nitrogen and oxygen atoms in total. The maximum absolute atomic E-state index is 11.2. The van der Waals surface area contributed by atoms with Gasteiger partial charge < -0.3 is 19.5 Å². The third-order valence-corrected chi connectivity index (χ3v) is 6.26. The first-order chi connectivity index (χ1) is 17.3. The summed E-state index contributed by atoms with van der Waals surface area (Å²) in [7, 11) is -2.97. The molecule has 0 amide bonds. The molecule has 0 aliphatic carbocycles. The monoisotopic (exact) mass is 505 g/mol. The fraction of sp³-hybridized carbons (Fsp3) is 0.269. The second-order valence-corrected chi connectivity index (χ2v) is 10.7. The van der Waals surface area contributed by atoms with Gasteiger partial charge in [-0.3, -0.25) is 4.98 Å². The van der Waals surface area contributed by atoms with Gasteiger partial charge in [0.1, 0.15) is 27.5 Å². The largest absolute Gasteiger partial charge is 0.385 e. The summed E-state index contributed by atoms with van der Waals surface area (Å²) in [6, 6.07) is 13.3. The summed E-state index contributed by atoms with van der Waals surface area (Å²) < 4.78 is 29.7. The van der Waals surface area contributed by atoms with Gasteiger partial charge in [-0.15, -0.1) is 0 Å². The van der Waals surface area contributed by atoms with Crippen molar-refractivity contribution >= 4 is 9.84 Å². The Morgan fingerprint density at radius 2 is 1.83 bits per heavy atom. The van der Waals surface area contributed by atoms with Gasteiger partial charge in [0.15, 0.2) is 5.76 Å². The number of aromatic nitrogens is 4. The molecule has 3 heterocycles. The van der Waals surface area contributed by atoms with E-state index in [1.54, 1.807) is 25.5 Å². The molecule has 0 saturated heterocycles. The highest BCUT2D eigenvalue weighted by molar-refractivity contribution is 7.90. The zero-order chi connectivity index (χ0) is 25.5. The smallest absolute Gasteiger partial charge is 0.167 e. The fourth-order valence-corrected chi connectivity index (χ4v) is 3.97. The maximum atomic E-state index is 11.2. The van der Waals surface area contributed by atoms with Gasteiger partial charge >= 0.3 is 0 Å². The molecule has 0 aliphatic heterocycles. The number of sulfone groups is 1. The van der Waals surface area contributed by atoms with Crippen molar-refractivity contribution in [3.05, 3.63) is 89.4 Å². The summed E-state index contributed by atoms with van der Waals surface area (Å²) >= 11 is 0. The van der Waals surface area contributed by atoms with Gasteiger partial charge in [0, 0.05) is 60.7 Å². The standard InChI is InChI=1S/C26H27N5O4S/c1-19(32)26-28-11-13-31(26)18-24-15-25(35-30-24)22-8-5-20(6-9-22)3-4-21-7-10-23(29-16-21)17-27-12-14-36(2,33)34/h5-11,13,15-16,19,27,32H,12,14,17-18H2,1-2H3/t19-/m0/s1. The number of imidazole rings is 1. The van der Waals surface area contributed by atoms with Gasteiger partial charge in [0.25, 0.3) is 0 Å². The van der Waals surface area contributed by atoms with Gasteiger partial charge in [-0.25, -0.2) is 13.4 Å². The Balaban J connectivity index is 1.34. The highest BCUT2D eigenvalue weighted by Crippen LogP contribution is 2.22. The van der Waals surface area contributed by atoms with E-state index in [0.717, 1.165) is 28.1 Å². The molecule has 2 N–H and O–H groups in total. The zero-order valence-corrected chi connectivity index (χ0v) is 20.9. The van der Waals surface area contributed by atoms with Gasteiger partial charge in [0.2, 0.25) is 0 Å². The van der Waals surface area contributed by atoms with Crippen molar-refractivity contribution in [2.24, 2.45) is 0 Å². The molecule has 0 bridgehead atoms. The molecule has 0 spiro atoms. The summed E-state index contributed by atoms with van der Waals surface area (Å²) in [6.45, 7) is 3.02. The van der Waals surface area contributed by atoms with Crippen LogP contribution in [-0.2, 0) is 22.9 Å². The quantitative estimate of drug-likeness (QED) is 0.263. The predicted molar refractivity (Wildman–Crippen MR) is 136 cm³/mol. The number of hydrogen-bond acceptors (Lipinski definition) is 8. The molecular formula is C26H27N5O4S. The van der Waals surface area contributed by atoms with Crippen LogP contribution in [0.2, 0.25) is 0 Å². The van der Waals surface area contributed by atoms with Gasteiger partial charge in [-0.1, -0.05) is 17.0 Å². The lowest BCUT2D eigenvalue weighted by Crippen LogP contribution is -2.22. The molecular weight excluding hydrogens is 478 g/mol. The number of hydrogen-bond donors (Lipinski definition) is 2. The maximum Gasteiger partial charge on any atom is 0.167 e. The van der Waals surface area contributed by atoms with Crippen molar-refractivity contribution in [3.8, 4) is 23.2 Å². The van der Waals surface area contributed by atoms with Crippen molar-refractivity contribution < 1.29 is 18.0 Å². The average molecular weight is 506 g/mol. The van der Waals surface area contributed by atoms with Gasteiger partial charge in [0.05, 0.1) is 18.0 Å². The summed E-state index contributed by atoms with van der Waals surface area (Å²) in [5.41, 5.74) is 4.07. The summed E-state index contributed by atoms with van der Waals surface area (Å²) in [6.07, 6.45) is 5.71. The van der Waals surface area contributed by atoms with E-state index in [-0.39, 0.29) is 5.75 Å². The summed E-state index contributed by atoms with van der Waals surface area (Å²) in [5.74, 6) is 7.55. The van der Waals surface area contributed by atoms with Crippen LogP contribution < -0.4 is 5.32 Å². The second-order valence-electron chi connectivity index (χ2n) is 8.44. The molecule has 186 valence electrons. The SMILES string of the molecule is C[C@H](O)c1nccn1Cc1cc(-c2ccc(C#Cc3ccc(CNCCS(C)(=O)=O)nc3)cc2)on1. The minimum atomic E-state index is -2.97. The van der Waals surface area contributed by atoms with Crippen molar-refractivity contribution in [1.82, 2.24) is 25.0 Å². The van der Waals surface area contributed by atoms with Gasteiger partial charge in [-0.2, -0.15) is 0 Å². The zero-order valence-electron chi connectivity index (χ0n) is 20.0. The molecule has 1 atom stereocenters. The van der Waals surface area contributed by atoms with E-state index in [1.807, 2.05) is 47.0 Å². The lowest BCUT2D eigenvalue weighted by Gasteiger charge is -2.07. The number of rotatable bonds is 9. The highest BCUT2D eigenvalue weighted by atomic mass is 32.2. The van der Waals surface area contributed by atoms with Crippen molar-refractivity contribution in [2.75, 3.05) is 18.6 Å². The third-order valence-electron chi connectivity index (χ3n) is 5.31. The van der Waals surface area contributed by atoms with Crippen LogP contribution in [0, 0.1) is 11.8 Å². The Bertz CT molecular complexity index is 1460. The van der Waals surface area contributed by atoms with E-state index in [0.29, 0.717) is 31.2 Å². The van der Waals surface area contributed by atoms with E-state index < -0.39 is 15.9 Å². The number of aliphatic hydroxyl groups excluding tert-OH is 1. The van der Waals surface area contributed by atoms with Crippen LogP contribution >= 0.6 is 0 Å². The number of nitrogens with zero attached hydrogens (tertiary/aromatic N) is 4. The molecule has 4 aromatic rings. The second kappa shape index (κ2) is 11.3. The molecule has 0 unspecified atom stereocenters. The van der Waals surface area contributed by atoms with E-state index in [1.165, 1.54) is 6.26 Å². The predicted octanol–water partition coefficient (Wildman–Crippen LogP) is 2.57. The number of aliphatic hydroxyl groups is 1. The topological polar surface area (TPSA) is 123 Å². The highest BCUT2D eigenvalue weighted by Gasteiger charge is 2.12. The Morgan fingerprint density at radius 1 is 1.08 bits per heavy atom. The van der Waals surface area contributed by atoms with Crippen LogP contribution in [0.4, 0.5) is 0 Å². The molecule has 0 saturated carbocycles. The van der Waals surface area contributed by atoms with Crippen LogP contribution in [0.25, 0.3) is 11.3 Å². The fourth-order valence-electron chi connectivity index (χ4n) is 3.46. The first kappa shape index (κ1) is 25.3. The van der Waals surface area contributed by atoms with Crippen LogP contribution in [0.15, 0.2) is 65.6 Å². The number of pyridine rings is 1. The van der Waals surface area contributed by atoms with E-state index in [4.69, 9.17) is 4.52 Å². The van der Waals surface area contributed by atoms with Crippen molar-refractivity contribution in [1.29, 1.82) is 0 Å². The first-order valence-electron chi connectivity index (χ1n) is 11.4. The molecule has 0 aliphatic rings. The molecule has 36 heavy (non-hydrogen) atoms. The molecule has 0 radical (unpaired) electrons. The molecule has 1 aromatic carbocycles. The van der Waals surface area contributed by atoms with Crippen molar-refractivity contribution in [2.45, 2.75) is 26.1 Å². The number of nitrogens with one attached hydrogen (secondary N) is 1. The number of benzene rings is 1. The summed E-state index contributed by atoms with van der Waals surface area (Å²) in [5, 5.41) is 17.0. The van der Waals surface area contributed by atoms with Crippen LogP contribution in [0.1, 0.15) is 41.4 Å². The van der Waals surface area contributed by atoms with Crippen LogP contribution in [0.5, 0.6) is 0 Å². The van der Waals surface area contributed by atoms with Crippen LogP contribution in [-0.4, -0.2) is 51.8 Å². The lowest BCUT2D eigenvalue weighted by atomic mass is 10.1. The molecule has 4 rings (SSSR count). The van der Waals surface area contributed by atoms with E-state index in [2.05, 4.69) is 32.3 Å². The third kappa shape index (κ3) is 7.11. The minimum absolute atomic E-state index is 0.100. The van der Waals surface area contributed by atoms with Gasteiger partial charge in [-0.05, 0) is 43.3 Å². The summed E-state index contributed by atoms with van der Waals surface area (Å²) in [4.78, 5) is 8.54. The Kier molecular flexibility index (Phi) is 7.95. The Hall–Kier alpha value is -3.78. The Labute approximate surface area is 210 Å². The molecule has 0 fully saturated rings. The normalized spacial score (nSPS) is 12.2.